The molecule has 8 heteroatoms. The number of methoxy groups -OCH3 is 1. The fourth-order valence-electron chi connectivity index (χ4n) is 2.49. The highest BCUT2D eigenvalue weighted by molar-refractivity contribution is 8.00. The number of rotatable bonds is 8. The molecule has 1 heterocycles. The molecule has 0 fully saturated rings. The molecule has 3 aromatic rings. The lowest BCUT2D eigenvalue weighted by Gasteiger charge is -2.10. The first kappa shape index (κ1) is 20.9. The molecule has 1 amide bonds. The maximum Gasteiger partial charge on any atom is 0.338 e. The van der Waals surface area contributed by atoms with Gasteiger partial charge in [-0.15, -0.1) is 11.3 Å². The molecule has 0 atom stereocenters. The molecule has 0 aliphatic carbocycles. The van der Waals surface area contributed by atoms with Crippen LogP contribution in [0.15, 0.2) is 58.3 Å². The van der Waals surface area contributed by atoms with E-state index >= 15 is 0 Å². The van der Waals surface area contributed by atoms with Crippen LogP contribution >= 0.6 is 23.1 Å². The average molecular weight is 429 g/mol. The van der Waals surface area contributed by atoms with Gasteiger partial charge in [-0.3, -0.25) is 4.79 Å². The number of hydrogen-bond donors (Lipinski definition) is 1. The SMILES string of the molecule is COc1cccc(NC(=O)COC(=O)c2ccccc2CSc2nc(C)cs2)c1. The van der Waals surface area contributed by atoms with Gasteiger partial charge in [-0.1, -0.05) is 36.0 Å². The third kappa shape index (κ3) is 6.07. The van der Waals surface area contributed by atoms with Crippen LogP contribution in [0.3, 0.4) is 0 Å². The first-order valence-corrected chi connectivity index (χ1v) is 10.7. The minimum atomic E-state index is -0.530. The van der Waals surface area contributed by atoms with Crippen molar-refractivity contribution in [3.8, 4) is 5.75 Å². The lowest BCUT2D eigenvalue weighted by molar-refractivity contribution is -0.119. The zero-order valence-electron chi connectivity index (χ0n) is 16.0. The normalized spacial score (nSPS) is 10.4. The van der Waals surface area contributed by atoms with E-state index in [1.54, 1.807) is 66.6 Å². The Labute approximate surface area is 177 Å². The Bertz CT molecular complexity index is 1000. The Morgan fingerprint density at radius 2 is 2.00 bits per heavy atom. The minimum absolute atomic E-state index is 0.372. The van der Waals surface area contributed by atoms with Gasteiger partial charge < -0.3 is 14.8 Å². The summed E-state index contributed by atoms with van der Waals surface area (Å²) in [6.45, 7) is 1.58. The molecule has 1 N–H and O–H groups in total. The molecular formula is C21H20N2O4S2. The number of anilines is 1. The van der Waals surface area contributed by atoms with Crippen molar-refractivity contribution in [1.82, 2.24) is 4.98 Å². The second kappa shape index (κ2) is 10.1. The van der Waals surface area contributed by atoms with E-state index in [0.717, 1.165) is 15.6 Å². The molecule has 0 bridgehead atoms. The van der Waals surface area contributed by atoms with Gasteiger partial charge in [-0.25, -0.2) is 9.78 Å². The number of nitrogens with one attached hydrogen (secondary N) is 1. The molecule has 0 saturated heterocycles. The summed E-state index contributed by atoms with van der Waals surface area (Å²) in [5.41, 5.74) is 2.83. The third-order valence-corrected chi connectivity index (χ3v) is 6.06. The van der Waals surface area contributed by atoms with Crippen LogP contribution in [0.5, 0.6) is 5.75 Å². The highest BCUT2D eigenvalue weighted by atomic mass is 32.2. The second-order valence-electron chi connectivity index (χ2n) is 6.06. The lowest BCUT2D eigenvalue weighted by Crippen LogP contribution is -2.21. The van der Waals surface area contributed by atoms with E-state index in [1.807, 2.05) is 24.4 Å². The summed E-state index contributed by atoms with van der Waals surface area (Å²) in [7, 11) is 1.55. The van der Waals surface area contributed by atoms with Crippen molar-refractivity contribution < 1.29 is 19.1 Å². The number of nitrogens with zero attached hydrogens (tertiary/aromatic N) is 1. The van der Waals surface area contributed by atoms with Gasteiger partial charge in [0, 0.05) is 28.6 Å². The Hall–Kier alpha value is -2.84. The number of carbonyl (C=O) groups excluding carboxylic acids is 2. The van der Waals surface area contributed by atoms with E-state index in [1.165, 1.54) is 0 Å². The van der Waals surface area contributed by atoms with Gasteiger partial charge in [-0.05, 0) is 30.7 Å². The third-order valence-electron chi connectivity index (χ3n) is 3.87. The van der Waals surface area contributed by atoms with Crippen molar-refractivity contribution in [3.05, 3.63) is 70.7 Å². The predicted octanol–water partition coefficient (Wildman–Crippen LogP) is 4.55. The Balaban J connectivity index is 1.56. The van der Waals surface area contributed by atoms with Gasteiger partial charge in [-0.2, -0.15) is 0 Å². The van der Waals surface area contributed by atoms with Crippen LogP contribution in [0.1, 0.15) is 21.6 Å². The van der Waals surface area contributed by atoms with Crippen molar-refractivity contribution >= 4 is 40.7 Å². The number of thioether (sulfide) groups is 1. The molecule has 0 aliphatic heterocycles. The second-order valence-corrected chi connectivity index (χ2v) is 8.14. The van der Waals surface area contributed by atoms with Crippen molar-refractivity contribution in [3.63, 3.8) is 0 Å². The topological polar surface area (TPSA) is 77.5 Å². The maximum absolute atomic E-state index is 12.5. The number of amides is 1. The number of carbonyl (C=O) groups is 2. The quantitative estimate of drug-likeness (QED) is 0.419. The van der Waals surface area contributed by atoms with Crippen LogP contribution in [0.2, 0.25) is 0 Å². The van der Waals surface area contributed by atoms with Gasteiger partial charge in [0.15, 0.2) is 6.61 Å². The van der Waals surface area contributed by atoms with Crippen molar-refractivity contribution in [2.75, 3.05) is 19.0 Å². The Morgan fingerprint density at radius 1 is 1.17 bits per heavy atom. The van der Waals surface area contributed by atoms with Crippen molar-refractivity contribution in [2.24, 2.45) is 0 Å². The van der Waals surface area contributed by atoms with Gasteiger partial charge in [0.1, 0.15) is 10.1 Å². The number of ether oxygens (including phenoxy) is 2. The lowest BCUT2D eigenvalue weighted by atomic mass is 10.1. The molecule has 29 heavy (non-hydrogen) atoms. The first-order valence-electron chi connectivity index (χ1n) is 8.79. The van der Waals surface area contributed by atoms with E-state index in [0.29, 0.717) is 22.8 Å². The molecular weight excluding hydrogens is 408 g/mol. The number of benzene rings is 2. The molecule has 6 nitrogen and oxygen atoms in total. The van der Waals surface area contributed by atoms with Crippen LogP contribution in [0.4, 0.5) is 5.69 Å². The van der Waals surface area contributed by atoms with E-state index < -0.39 is 11.9 Å². The summed E-state index contributed by atoms with van der Waals surface area (Å²) < 4.78 is 11.3. The number of hydrogen-bond acceptors (Lipinski definition) is 7. The highest BCUT2D eigenvalue weighted by Gasteiger charge is 2.15. The van der Waals surface area contributed by atoms with Crippen molar-refractivity contribution in [2.45, 2.75) is 17.0 Å². The molecule has 0 saturated carbocycles. The van der Waals surface area contributed by atoms with Crippen LogP contribution in [0, 0.1) is 6.92 Å². The van der Waals surface area contributed by atoms with Crippen LogP contribution in [-0.2, 0) is 15.3 Å². The van der Waals surface area contributed by atoms with Crippen LogP contribution in [0.25, 0.3) is 0 Å². The minimum Gasteiger partial charge on any atom is -0.497 e. The van der Waals surface area contributed by atoms with Crippen LogP contribution in [-0.4, -0.2) is 30.6 Å². The monoisotopic (exact) mass is 428 g/mol. The van der Waals surface area contributed by atoms with E-state index in [2.05, 4.69) is 10.3 Å². The molecule has 0 radical (unpaired) electrons. The molecule has 1 aromatic heterocycles. The predicted molar refractivity (Wildman–Crippen MR) is 115 cm³/mol. The molecule has 2 aromatic carbocycles. The van der Waals surface area contributed by atoms with Crippen molar-refractivity contribution in [1.29, 1.82) is 0 Å². The van der Waals surface area contributed by atoms with Gasteiger partial charge >= 0.3 is 5.97 Å². The maximum atomic E-state index is 12.5. The summed E-state index contributed by atoms with van der Waals surface area (Å²) in [6, 6.07) is 14.2. The number of esters is 1. The van der Waals surface area contributed by atoms with Gasteiger partial charge in [0.05, 0.1) is 12.7 Å². The Morgan fingerprint density at radius 3 is 2.76 bits per heavy atom. The summed E-state index contributed by atoms with van der Waals surface area (Å²) in [4.78, 5) is 29.0. The molecule has 0 unspecified atom stereocenters. The van der Waals surface area contributed by atoms with E-state index in [9.17, 15) is 9.59 Å². The van der Waals surface area contributed by atoms with Gasteiger partial charge in [0.25, 0.3) is 5.91 Å². The van der Waals surface area contributed by atoms with E-state index in [4.69, 9.17) is 9.47 Å². The van der Waals surface area contributed by atoms with Gasteiger partial charge in [0.2, 0.25) is 0 Å². The number of aryl methyl sites for hydroxylation is 1. The molecule has 0 spiro atoms. The molecule has 0 aliphatic rings. The zero-order valence-corrected chi connectivity index (χ0v) is 17.6. The average Bonchev–Trinajstić information content (AvgIpc) is 3.16. The Kier molecular flexibility index (Phi) is 7.26. The first-order chi connectivity index (χ1) is 14.0. The summed E-state index contributed by atoms with van der Waals surface area (Å²) in [5, 5.41) is 4.67. The highest BCUT2D eigenvalue weighted by Crippen LogP contribution is 2.27. The summed E-state index contributed by atoms with van der Waals surface area (Å²) >= 11 is 3.14. The smallest absolute Gasteiger partial charge is 0.338 e. The number of aromatic nitrogens is 1. The molecule has 150 valence electrons. The number of thiazole rings is 1. The largest absolute Gasteiger partial charge is 0.497 e. The fraction of sp³-hybridized carbons (Fsp3) is 0.190. The summed E-state index contributed by atoms with van der Waals surface area (Å²) in [5.74, 6) is 0.268. The standard InChI is InChI=1S/C21H20N2O4S2/c1-14-12-28-21(22-14)29-13-15-6-3-4-9-18(15)20(25)27-11-19(24)23-16-7-5-8-17(10-16)26-2/h3-10,12H,11,13H2,1-2H3,(H,23,24). The van der Waals surface area contributed by atoms with Crippen LogP contribution < -0.4 is 10.1 Å². The molecule has 3 rings (SSSR count). The summed E-state index contributed by atoms with van der Waals surface area (Å²) in [6.07, 6.45) is 0. The fourth-order valence-corrected chi connectivity index (χ4v) is 4.34. The van der Waals surface area contributed by atoms with E-state index in [-0.39, 0.29) is 6.61 Å². The zero-order chi connectivity index (χ0) is 20.6.